The Bertz CT molecular complexity index is 1370. The smallest absolute Gasteiger partial charge is 0.233 e. The fourth-order valence-electron chi connectivity index (χ4n) is 4.61. The molecule has 9 heteroatoms. The lowest BCUT2D eigenvalue weighted by Crippen LogP contribution is -2.32. The number of likely N-dealkylation sites (tertiary alicyclic amines) is 1. The highest BCUT2D eigenvalue weighted by molar-refractivity contribution is 7.99. The number of benzene rings is 2. The number of aromatic nitrogens is 4. The van der Waals surface area contributed by atoms with Crippen molar-refractivity contribution >= 4 is 34.2 Å². The first-order valence-corrected chi connectivity index (χ1v) is 12.1. The summed E-state index contributed by atoms with van der Waals surface area (Å²) in [5.74, 6) is 2.60. The summed E-state index contributed by atoms with van der Waals surface area (Å²) < 4.78 is 13.1. The number of thioether (sulfide) groups is 1. The SMILES string of the molecule is Cc1nc2c3ccccc3nc(SCC(=O)N3CCCC3c3ccc4c(c3)OCCO4)n2n1. The molecule has 2 aromatic heterocycles. The second-order valence-corrected chi connectivity index (χ2v) is 9.19. The third-order valence-electron chi connectivity index (χ3n) is 6.10. The van der Waals surface area contributed by atoms with Gasteiger partial charge in [-0.05, 0) is 49.6 Å². The minimum Gasteiger partial charge on any atom is -0.486 e. The van der Waals surface area contributed by atoms with Crippen LogP contribution in [0.4, 0.5) is 0 Å². The van der Waals surface area contributed by atoms with Gasteiger partial charge in [0.05, 0.1) is 17.3 Å². The Kier molecular flexibility index (Phi) is 5.05. The number of carbonyl (C=O) groups excluding carboxylic acids is 1. The highest BCUT2D eigenvalue weighted by atomic mass is 32.2. The van der Waals surface area contributed by atoms with E-state index in [1.54, 1.807) is 4.52 Å². The zero-order chi connectivity index (χ0) is 22.4. The Morgan fingerprint density at radius 2 is 1.97 bits per heavy atom. The molecule has 8 nitrogen and oxygen atoms in total. The van der Waals surface area contributed by atoms with Crippen LogP contribution < -0.4 is 9.47 Å². The molecular formula is C24H23N5O3S. The lowest BCUT2D eigenvalue weighted by atomic mass is 10.0. The van der Waals surface area contributed by atoms with Gasteiger partial charge in [-0.2, -0.15) is 4.52 Å². The molecule has 1 unspecified atom stereocenters. The largest absolute Gasteiger partial charge is 0.486 e. The summed E-state index contributed by atoms with van der Waals surface area (Å²) in [4.78, 5) is 24.6. The topological polar surface area (TPSA) is 81.9 Å². The molecule has 2 aromatic carbocycles. The molecule has 1 fully saturated rings. The zero-order valence-corrected chi connectivity index (χ0v) is 19.0. The molecular weight excluding hydrogens is 438 g/mol. The van der Waals surface area contributed by atoms with Crippen LogP contribution in [0.1, 0.15) is 30.3 Å². The van der Waals surface area contributed by atoms with E-state index in [-0.39, 0.29) is 11.9 Å². The molecule has 2 aliphatic rings. The number of para-hydroxylation sites is 1. The number of amides is 1. The first-order chi connectivity index (χ1) is 16.2. The summed E-state index contributed by atoms with van der Waals surface area (Å²) in [6.45, 7) is 3.74. The van der Waals surface area contributed by atoms with Crippen molar-refractivity contribution in [2.75, 3.05) is 25.5 Å². The Morgan fingerprint density at radius 3 is 2.88 bits per heavy atom. The first-order valence-electron chi connectivity index (χ1n) is 11.1. The molecule has 1 amide bonds. The van der Waals surface area contributed by atoms with Crippen molar-refractivity contribution < 1.29 is 14.3 Å². The maximum Gasteiger partial charge on any atom is 0.233 e. The van der Waals surface area contributed by atoms with Crippen LogP contribution in [0, 0.1) is 6.92 Å². The maximum absolute atomic E-state index is 13.3. The van der Waals surface area contributed by atoms with Crippen LogP contribution in [0.3, 0.4) is 0 Å². The van der Waals surface area contributed by atoms with E-state index in [2.05, 4.69) is 10.1 Å². The van der Waals surface area contributed by atoms with Crippen molar-refractivity contribution in [2.24, 2.45) is 0 Å². The van der Waals surface area contributed by atoms with Gasteiger partial charge in [-0.1, -0.05) is 30.0 Å². The Morgan fingerprint density at radius 1 is 1.12 bits per heavy atom. The Balaban J connectivity index is 1.24. The van der Waals surface area contributed by atoms with Crippen LogP contribution in [0.25, 0.3) is 16.6 Å². The average Bonchev–Trinajstić information content (AvgIpc) is 3.49. The molecule has 4 aromatic rings. The maximum atomic E-state index is 13.3. The third kappa shape index (κ3) is 3.66. The van der Waals surface area contributed by atoms with Gasteiger partial charge in [-0.3, -0.25) is 4.79 Å². The van der Waals surface area contributed by atoms with Crippen LogP contribution >= 0.6 is 11.8 Å². The minimum absolute atomic E-state index is 0.0483. The van der Waals surface area contributed by atoms with E-state index in [1.807, 2.05) is 54.3 Å². The van der Waals surface area contributed by atoms with Crippen LogP contribution in [0.15, 0.2) is 47.6 Å². The van der Waals surface area contributed by atoms with E-state index in [4.69, 9.17) is 14.5 Å². The number of hydrogen-bond acceptors (Lipinski definition) is 7. The summed E-state index contributed by atoms with van der Waals surface area (Å²) in [6.07, 6.45) is 1.92. The van der Waals surface area contributed by atoms with Crippen LogP contribution in [-0.2, 0) is 4.79 Å². The molecule has 0 spiro atoms. The van der Waals surface area contributed by atoms with E-state index in [9.17, 15) is 4.79 Å². The number of carbonyl (C=O) groups is 1. The van der Waals surface area contributed by atoms with Crippen LogP contribution in [0.5, 0.6) is 11.5 Å². The molecule has 168 valence electrons. The summed E-state index contributed by atoms with van der Waals surface area (Å²) in [7, 11) is 0. The molecule has 6 rings (SSSR count). The van der Waals surface area contributed by atoms with Crippen LogP contribution in [-0.4, -0.2) is 55.9 Å². The molecule has 0 N–H and O–H groups in total. The number of fused-ring (bicyclic) bond motifs is 4. The zero-order valence-electron chi connectivity index (χ0n) is 18.2. The summed E-state index contributed by atoms with van der Waals surface area (Å²) in [6, 6.07) is 13.9. The number of aryl methyl sites for hydroxylation is 1. The average molecular weight is 462 g/mol. The quantitative estimate of drug-likeness (QED) is 0.338. The molecule has 0 aliphatic carbocycles. The van der Waals surface area contributed by atoms with Gasteiger partial charge in [0.2, 0.25) is 5.91 Å². The normalized spacial score (nSPS) is 17.7. The minimum atomic E-state index is 0.0483. The van der Waals surface area contributed by atoms with Crippen molar-refractivity contribution in [3.63, 3.8) is 0 Å². The number of nitrogens with zero attached hydrogens (tertiary/aromatic N) is 5. The third-order valence-corrected chi connectivity index (χ3v) is 7.02. The summed E-state index contributed by atoms with van der Waals surface area (Å²) in [5, 5.41) is 6.14. The van der Waals surface area contributed by atoms with Gasteiger partial charge in [0.1, 0.15) is 19.0 Å². The van der Waals surface area contributed by atoms with E-state index >= 15 is 0 Å². The predicted molar refractivity (Wildman–Crippen MR) is 125 cm³/mol. The standard InChI is InChI=1S/C24H23N5O3S/c1-15-25-23-17-5-2-3-6-18(17)26-24(29(23)27-15)33-14-22(30)28-10-4-7-19(28)16-8-9-20-21(13-16)32-12-11-31-20/h2-3,5-6,8-9,13,19H,4,7,10-12,14H2,1H3. The molecule has 0 radical (unpaired) electrons. The van der Waals surface area contributed by atoms with Gasteiger partial charge in [0.25, 0.3) is 0 Å². The molecule has 1 atom stereocenters. The number of ether oxygens (including phenoxy) is 2. The highest BCUT2D eigenvalue weighted by Gasteiger charge is 2.31. The van der Waals surface area contributed by atoms with Gasteiger partial charge in [0.15, 0.2) is 22.3 Å². The lowest BCUT2D eigenvalue weighted by molar-refractivity contribution is -0.129. The van der Waals surface area contributed by atoms with E-state index < -0.39 is 0 Å². The second-order valence-electron chi connectivity index (χ2n) is 8.24. The predicted octanol–water partition coefficient (Wildman–Crippen LogP) is 3.81. The Labute approximate surface area is 194 Å². The number of rotatable bonds is 4. The van der Waals surface area contributed by atoms with Gasteiger partial charge in [-0.25, -0.2) is 9.97 Å². The lowest BCUT2D eigenvalue weighted by Gasteiger charge is -2.26. The highest BCUT2D eigenvalue weighted by Crippen LogP contribution is 2.38. The second kappa shape index (κ2) is 8.22. The van der Waals surface area contributed by atoms with E-state index in [1.165, 1.54) is 11.8 Å². The summed E-state index contributed by atoms with van der Waals surface area (Å²) in [5.41, 5.74) is 2.71. The van der Waals surface area contributed by atoms with Crippen molar-refractivity contribution in [1.82, 2.24) is 24.5 Å². The molecule has 1 saturated heterocycles. The Hall–Kier alpha value is -3.33. The monoisotopic (exact) mass is 461 g/mol. The van der Waals surface area contributed by atoms with Gasteiger partial charge in [-0.15, -0.1) is 5.10 Å². The first kappa shape index (κ1) is 20.3. The van der Waals surface area contributed by atoms with E-state index in [0.29, 0.717) is 29.9 Å². The molecule has 2 aliphatic heterocycles. The number of hydrogen-bond donors (Lipinski definition) is 0. The fraction of sp³-hybridized carbons (Fsp3) is 0.333. The molecule has 0 saturated carbocycles. The van der Waals surface area contributed by atoms with Crippen LogP contribution in [0.2, 0.25) is 0 Å². The summed E-state index contributed by atoms with van der Waals surface area (Å²) >= 11 is 1.41. The van der Waals surface area contributed by atoms with Gasteiger partial charge in [0, 0.05) is 11.9 Å². The van der Waals surface area contributed by atoms with E-state index in [0.717, 1.165) is 53.0 Å². The van der Waals surface area contributed by atoms with Crippen molar-refractivity contribution in [3.05, 3.63) is 53.9 Å². The van der Waals surface area contributed by atoms with Crippen molar-refractivity contribution in [2.45, 2.75) is 31.0 Å². The van der Waals surface area contributed by atoms with Gasteiger partial charge < -0.3 is 14.4 Å². The molecule has 0 bridgehead atoms. The molecule has 4 heterocycles. The molecule has 33 heavy (non-hydrogen) atoms. The van der Waals surface area contributed by atoms with Crippen molar-refractivity contribution in [1.29, 1.82) is 0 Å². The fourth-order valence-corrected chi connectivity index (χ4v) is 5.45. The van der Waals surface area contributed by atoms with Crippen molar-refractivity contribution in [3.8, 4) is 11.5 Å². The van der Waals surface area contributed by atoms with Gasteiger partial charge >= 0.3 is 0 Å².